The van der Waals surface area contributed by atoms with Gasteiger partial charge in [0.25, 0.3) is 0 Å². The molecule has 0 aliphatic carbocycles. The number of benzene rings is 2. The average molecular weight is 391 g/mol. The standard InChI is InChI=1S/C22H25N5O2/c1-16-7-9-18(10-8-16)26-11-13-27(14-12-26)22-24-19(15-20(28)25-22)21(29)23-17-5-3-2-4-6-17/h2-10,19H,11-15H2,1H3,(H,23,29)(H,24,25,28)/t19-/m0/s1. The highest BCUT2D eigenvalue weighted by atomic mass is 16.2. The predicted octanol–water partition coefficient (Wildman–Crippen LogP) is 2.00. The van der Waals surface area contributed by atoms with Crippen molar-refractivity contribution in [2.75, 3.05) is 36.4 Å². The van der Waals surface area contributed by atoms with E-state index in [1.807, 2.05) is 35.2 Å². The molecule has 0 bridgehead atoms. The maximum absolute atomic E-state index is 12.6. The molecule has 0 saturated carbocycles. The largest absolute Gasteiger partial charge is 0.368 e. The lowest BCUT2D eigenvalue weighted by molar-refractivity contribution is -0.125. The number of nitrogens with one attached hydrogen (secondary N) is 2. The summed E-state index contributed by atoms with van der Waals surface area (Å²) in [6.45, 7) is 5.22. The van der Waals surface area contributed by atoms with Crippen LogP contribution < -0.4 is 15.5 Å². The van der Waals surface area contributed by atoms with Crippen LogP contribution in [0.5, 0.6) is 0 Å². The number of amides is 2. The lowest BCUT2D eigenvalue weighted by Crippen LogP contribution is -2.56. The molecule has 2 amide bonds. The first-order valence-corrected chi connectivity index (χ1v) is 9.88. The maximum Gasteiger partial charge on any atom is 0.249 e. The Hall–Kier alpha value is -3.35. The van der Waals surface area contributed by atoms with Gasteiger partial charge in [0, 0.05) is 37.6 Å². The van der Waals surface area contributed by atoms with Gasteiger partial charge in [-0.3, -0.25) is 14.9 Å². The van der Waals surface area contributed by atoms with Crippen molar-refractivity contribution in [2.24, 2.45) is 4.99 Å². The minimum absolute atomic E-state index is 0.0610. The zero-order chi connectivity index (χ0) is 20.2. The molecule has 4 rings (SSSR count). The number of nitrogens with zero attached hydrogens (tertiary/aromatic N) is 3. The summed E-state index contributed by atoms with van der Waals surface area (Å²) in [5.41, 5.74) is 3.14. The third kappa shape index (κ3) is 4.56. The summed E-state index contributed by atoms with van der Waals surface area (Å²) in [5.74, 6) is 0.0593. The van der Waals surface area contributed by atoms with Crippen LogP contribution in [0.4, 0.5) is 11.4 Å². The monoisotopic (exact) mass is 391 g/mol. The van der Waals surface area contributed by atoms with E-state index in [1.54, 1.807) is 0 Å². The minimum atomic E-state index is -0.714. The number of para-hydroxylation sites is 1. The third-order valence-corrected chi connectivity index (χ3v) is 5.23. The number of carbonyl (C=O) groups excluding carboxylic acids is 2. The van der Waals surface area contributed by atoms with Crippen LogP contribution in [0.3, 0.4) is 0 Å². The number of hydrogen-bond donors (Lipinski definition) is 2. The van der Waals surface area contributed by atoms with Crippen LogP contribution in [0.2, 0.25) is 0 Å². The van der Waals surface area contributed by atoms with Crippen LogP contribution in [-0.4, -0.2) is 54.9 Å². The van der Waals surface area contributed by atoms with Crippen LogP contribution in [-0.2, 0) is 9.59 Å². The molecule has 2 aromatic carbocycles. The number of aryl methyl sites for hydroxylation is 1. The van der Waals surface area contributed by atoms with Crippen LogP contribution >= 0.6 is 0 Å². The first-order valence-electron chi connectivity index (χ1n) is 9.88. The molecule has 2 aromatic rings. The zero-order valence-electron chi connectivity index (χ0n) is 16.5. The molecule has 7 nitrogen and oxygen atoms in total. The second-order valence-corrected chi connectivity index (χ2v) is 7.39. The van der Waals surface area contributed by atoms with Gasteiger partial charge < -0.3 is 15.1 Å². The quantitative estimate of drug-likeness (QED) is 0.839. The molecule has 0 aromatic heterocycles. The maximum atomic E-state index is 12.6. The van der Waals surface area contributed by atoms with Crippen molar-refractivity contribution in [3.8, 4) is 0 Å². The highest BCUT2D eigenvalue weighted by Crippen LogP contribution is 2.18. The van der Waals surface area contributed by atoms with Crippen LogP contribution in [0.15, 0.2) is 59.6 Å². The van der Waals surface area contributed by atoms with Gasteiger partial charge in [0.2, 0.25) is 17.8 Å². The number of anilines is 2. The Kier molecular flexibility index (Phi) is 5.46. The zero-order valence-corrected chi connectivity index (χ0v) is 16.5. The summed E-state index contributed by atoms with van der Waals surface area (Å²) in [6, 6.07) is 17.0. The van der Waals surface area contributed by atoms with E-state index in [2.05, 4.69) is 51.7 Å². The first kappa shape index (κ1) is 19.0. The van der Waals surface area contributed by atoms with E-state index in [0.29, 0.717) is 11.6 Å². The normalized spacial score (nSPS) is 19.4. The molecule has 2 aliphatic rings. The Balaban J connectivity index is 1.40. The molecule has 1 saturated heterocycles. The lowest BCUT2D eigenvalue weighted by atomic mass is 10.1. The van der Waals surface area contributed by atoms with Gasteiger partial charge in [-0.25, -0.2) is 4.99 Å². The van der Waals surface area contributed by atoms with E-state index < -0.39 is 6.04 Å². The van der Waals surface area contributed by atoms with E-state index in [0.717, 1.165) is 26.2 Å². The fourth-order valence-corrected chi connectivity index (χ4v) is 3.57. The molecule has 2 aliphatic heterocycles. The van der Waals surface area contributed by atoms with Gasteiger partial charge in [-0.1, -0.05) is 35.9 Å². The topological polar surface area (TPSA) is 77.0 Å². The van der Waals surface area contributed by atoms with Gasteiger partial charge in [-0.2, -0.15) is 0 Å². The minimum Gasteiger partial charge on any atom is -0.368 e. The molecular weight excluding hydrogens is 366 g/mol. The molecule has 0 radical (unpaired) electrons. The Labute approximate surface area is 170 Å². The summed E-state index contributed by atoms with van der Waals surface area (Å²) in [4.78, 5) is 33.7. The molecule has 150 valence electrons. The van der Waals surface area contributed by atoms with Crippen molar-refractivity contribution in [3.63, 3.8) is 0 Å². The fourth-order valence-electron chi connectivity index (χ4n) is 3.57. The van der Waals surface area contributed by atoms with Crippen LogP contribution in [0, 0.1) is 6.92 Å². The number of piperazine rings is 1. The molecule has 7 heteroatoms. The van der Waals surface area contributed by atoms with Crippen LogP contribution in [0.25, 0.3) is 0 Å². The Morgan fingerprint density at radius 2 is 1.66 bits per heavy atom. The molecular formula is C22H25N5O2. The molecule has 1 atom stereocenters. The van der Waals surface area contributed by atoms with Crippen molar-refractivity contribution < 1.29 is 9.59 Å². The van der Waals surface area contributed by atoms with Gasteiger partial charge in [0.1, 0.15) is 6.04 Å². The van der Waals surface area contributed by atoms with Crippen LogP contribution in [0.1, 0.15) is 12.0 Å². The number of rotatable bonds is 3. The molecule has 1 fully saturated rings. The summed E-state index contributed by atoms with van der Waals surface area (Å²) in [7, 11) is 0. The second-order valence-electron chi connectivity index (χ2n) is 7.39. The highest BCUT2D eigenvalue weighted by molar-refractivity contribution is 6.06. The van der Waals surface area contributed by atoms with Gasteiger partial charge in [0.15, 0.2) is 0 Å². The van der Waals surface area contributed by atoms with Crippen molar-refractivity contribution in [2.45, 2.75) is 19.4 Å². The number of hydrogen-bond acceptors (Lipinski definition) is 5. The Bertz CT molecular complexity index is 903. The summed E-state index contributed by atoms with van der Waals surface area (Å²) in [5, 5.41) is 5.67. The van der Waals surface area contributed by atoms with Crippen molar-refractivity contribution >= 4 is 29.1 Å². The van der Waals surface area contributed by atoms with E-state index >= 15 is 0 Å². The SMILES string of the molecule is Cc1ccc(N2CCN(C3=N[C@H](C(=O)Nc4ccccc4)CC(=O)N3)CC2)cc1. The Morgan fingerprint density at radius 3 is 2.34 bits per heavy atom. The third-order valence-electron chi connectivity index (χ3n) is 5.23. The van der Waals surface area contributed by atoms with Gasteiger partial charge >= 0.3 is 0 Å². The molecule has 2 N–H and O–H groups in total. The molecule has 0 unspecified atom stereocenters. The number of aliphatic imine (C=N–C) groups is 1. The first-order chi connectivity index (χ1) is 14.1. The second kappa shape index (κ2) is 8.34. The van der Waals surface area contributed by atoms with Crippen molar-refractivity contribution in [3.05, 3.63) is 60.2 Å². The average Bonchev–Trinajstić information content (AvgIpc) is 2.75. The lowest BCUT2D eigenvalue weighted by Gasteiger charge is -2.38. The molecule has 29 heavy (non-hydrogen) atoms. The highest BCUT2D eigenvalue weighted by Gasteiger charge is 2.30. The van der Waals surface area contributed by atoms with E-state index in [4.69, 9.17) is 0 Å². The van der Waals surface area contributed by atoms with Gasteiger partial charge in [0.05, 0.1) is 6.42 Å². The predicted molar refractivity (Wildman–Crippen MR) is 114 cm³/mol. The van der Waals surface area contributed by atoms with Crippen molar-refractivity contribution in [1.29, 1.82) is 0 Å². The smallest absolute Gasteiger partial charge is 0.249 e. The number of guanidine groups is 1. The van der Waals surface area contributed by atoms with E-state index in [9.17, 15) is 9.59 Å². The van der Waals surface area contributed by atoms with Crippen molar-refractivity contribution in [1.82, 2.24) is 10.2 Å². The van der Waals surface area contributed by atoms with E-state index in [-0.39, 0.29) is 18.2 Å². The molecule has 0 spiro atoms. The van der Waals surface area contributed by atoms with Gasteiger partial charge in [-0.05, 0) is 31.2 Å². The number of carbonyl (C=O) groups is 2. The summed E-state index contributed by atoms with van der Waals surface area (Å²) in [6.07, 6.45) is 0.0610. The fraction of sp³-hybridized carbons (Fsp3) is 0.318. The Morgan fingerprint density at radius 1 is 1.00 bits per heavy atom. The van der Waals surface area contributed by atoms with E-state index in [1.165, 1.54) is 11.3 Å². The molecule has 2 heterocycles. The van der Waals surface area contributed by atoms with Gasteiger partial charge in [-0.15, -0.1) is 0 Å². The summed E-state index contributed by atoms with van der Waals surface area (Å²) < 4.78 is 0. The summed E-state index contributed by atoms with van der Waals surface area (Å²) >= 11 is 0.